The van der Waals surface area contributed by atoms with E-state index in [2.05, 4.69) is 36.8 Å². The molecular weight excluding hydrogens is 410 g/mol. The van der Waals surface area contributed by atoms with Gasteiger partial charge in [0.15, 0.2) is 11.6 Å². The van der Waals surface area contributed by atoms with Crippen LogP contribution in [0.2, 0.25) is 0 Å². The number of hydrogen-bond donors (Lipinski definition) is 0. The normalized spacial score (nSPS) is 11.0. The molecule has 0 aliphatic carbocycles. The third-order valence-electron chi connectivity index (χ3n) is 2.88. The number of nitrogens with zero attached hydrogens (tertiary/aromatic N) is 2. The molecule has 1 aromatic carbocycles. The lowest BCUT2D eigenvalue weighted by Gasteiger charge is -2.07. The number of pyridine rings is 1. The fraction of sp³-hybridized carbons (Fsp3) is 0.0714. The second-order valence-electron chi connectivity index (χ2n) is 4.23. The maximum Gasteiger partial charge on any atom is 0.242 e. The van der Waals surface area contributed by atoms with Gasteiger partial charge in [-0.05, 0) is 24.3 Å². The van der Waals surface area contributed by atoms with Gasteiger partial charge in [-0.25, -0.2) is 4.39 Å². The zero-order chi connectivity index (χ0) is 15.0. The molecule has 0 aliphatic heterocycles. The second-order valence-corrected chi connectivity index (χ2v) is 5.70. The molecule has 2 aromatic heterocycles. The number of hydrogen-bond acceptors (Lipinski definition) is 2. The van der Waals surface area contributed by atoms with Crippen molar-refractivity contribution in [3.63, 3.8) is 0 Å². The summed E-state index contributed by atoms with van der Waals surface area (Å²) in [5.41, 5.74) is 1.38. The first-order valence-corrected chi connectivity index (χ1v) is 7.86. The summed E-state index contributed by atoms with van der Waals surface area (Å²) in [4.78, 5) is 4.29. The Balaban J connectivity index is 2.10. The molecule has 0 aliphatic rings. The molecule has 0 saturated heterocycles. The van der Waals surface area contributed by atoms with Crippen molar-refractivity contribution in [1.29, 1.82) is 0 Å². The monoisotopic (exact) mass is 416 g/mol. The number of ether oxygens (including phenoxy) is 1. The Hall–Kier alpha value is -1.47. The largest absolute Gasteiger partial charge is 0.434 e. The molecule has 0 fully saturated rings. The highest BCUT2D eigenvalue weighted by atomic mass is 79.9. The van der Waals surface area contributed by atoms with Crippen molar-refractivity contribution in [3.05, 3.63) is 58.3 Å². The smallest absolute Gasteiger partial charge is 0.242 e. The lowest BCUT2D eigenvalue weighted by Crippen LogP contribution is -1.95. The predicted molar refractivity (Wildman–Crippen MR) is 82.0 cm³/mol. The van der Waals surface area contributed by atoms with E-state index in [4.69, 9.17) is 4.74 Å². The molecule has 0 spiro atoms. The molecule has 108 valence electrons. The Labute approximate surface area is 135 Å². The highest BCUT2D eigenvalue weighted by Gasteiger charge is 2.17. The fourth-order valence-electron chi connectivity index (χ4n) is 1.94. The van der Waals surface area contributed by atoms with Crippen molar-refractivity contribution in [1.82, 2.24) is 9.38 Å². The van der Waals surface area contributed by atoms with Crippen molar-refractivity contribution in [2.45, 2.75) is 5.33 Å². The quantitative estimate of drug-likeness (QED) is 0.439. The molecule has 0 saturated carbocycles. The van der Waals surface area contributed by atoms with Crippen LogP contribution >= 0.6 is 31.9 Å². The van der Waals surface area contributed by atoms with Gasteiger partial charge >= 0.3 is 0 Å². The van der Waals surface area contributed by atoms with Crippen LogP contribution in [0.4, 0.5) is 8.78 Å². The molecule has 0 N–H and O–H groups in total. The predicted octanol–water partition coefficient (Wildman–Crippen LogP) is 5.06. The van der Waals surface area contributed by atoms with Crippen LogP contribution in [-0.4, -0.2) is 9.38 Å². The molecule has 0 amide bonds. The highest BCUT2D eigenvalue weighted by molar-refractivity contribution is 9.10. The number of alkyl halides is 1. The van der Waals surface area contributed by atoms with E-state index in [0.717, 1.165) is 6.07 Å². The standard InChI is InChI=1S/C14H8Br2F2N2O/c15-7-10-14(19-12-3-1-2-4-20(10)12)21-11-6-8(16)5-9(17)13(11)18/h1-6H,7H2. The van der Waals surface area contributed by atoms with E-state index in [1.807, 2.05) is 22.7 Å². The van der Waals surface area contributed by atoms with E-state index in [1.54, 1.807) is 6.07 Å². The zero-order valence-corrected chi connectivity index (χ0v) is 13.7. The molecule has 3 rings (SSSR count). The van der Waals surface area contributed by atoms with Crippen LogP contribution in [0.3, 0.4) is 0 Å². The fourth-order valence-corrected chi connectivity index (χ4v) is 2.86. The summed E-state index contributed by atoms with van der Waals surface area (Å²) < 4.78 is 34.9. The van der Waals surface area contributed by atoms with Gasteiger partial charge in [-0.3, -0.25) is 4.40 Å². The molecule has 0 radical (unpaired) electrons. The van der Waals surface area contributed by atoms with E-state index in [9.17, 15) is 8.78 Å². The third-order valence-corrected chi connectivity index (χ3v) is 3.87. The molecule has 7 heteroatoms. The van der Waals surface area contributed by atoms with Gasteiger partial charge in [-0.15, -0.1) is 0 Å². The Morgan fingerprint density at radius 1 is 1.24 bits per heavy atom. The van der Waals surface area contributed by atoms with Crippen LogP contribution in [0.5, 0.6) is 11.6 Å². The number of fused-ring (bicyclic) bond motifs is 1. The summed E-state index contributed by atoms with van der Waals surface area (Å²) in [6.07, 6.45) is 1.82. The van der Waals surface area contributed by atoms with Crippen LogP contribution < -0.4 is 4.74 Å². The molecule has 0 unspecified atom stereocenters. The highest BCUT2D eigenvalue weighted by Crippen LogP contribution is 2.32. The van der Waals surface area contributed by atoms with E-state index in [0.29, 0.717) is 21.1 Å². The van der Waals surface area contributed by atoms with Crippen LogP contribution in [0.1, 0.15) is 5.69 Å². The van der Waals surface area contributed by atoms with Gasteiger partial charge < -0.3 is 4.74 Å². The Morgan fingerprint density at radius 3 is 2.81 bits per heavy atom. The minimum atomic E-state index is -1.05. The molecule has 0 bridgehead atoms. The minimum Gasteiger partial charge on any atom is -0.434 e. The molecule has 3 nitrogen and oxygen atoms in total. The van der Waals surface area contributed by atoms with E-state index in [1.165, 1.54) is 6.07 Å². The topological polar surface area (TPSA) is 26.5 Å². The van der Waals surface area contributed by atoms with Gasteiger partial charge in [0.25, 0.3) is 0 Å². The summed E-state index contributed by atoms with van der Waals surface area (Å²) in [6.45, 7) is 0. The van der Waals surface area contributed by atoms with Crippen molar-refractivity contribution < 1.29 is 13.5 Å². The Bertz CT molecular complexity index is 820. The van der Waals surface area contributed by atoms with Gasteiger partial charge in [-0.1, -0.05) is 37.9 Å². The van der Waals surface area contributed by atoms with Gasteiger partial charge in [0.2, 0.25) is 11.7 Å². The zero-order valence-electron chi connectivity index (χ0n) is 10.5. The van der Waals surface area contributed by atoms with Gasteiger partial charge in [0, 0.05) is 16.0 Å². The van der Waals surface area contributed by atoms with E-state index >= 15 is 0 Å². The van der Waals surface area contributed by atoms with Crippen LogP contribution in [0.15, 0.2) is 41.0 Å². The average Bonchev–Trinajstić information content (AvgIpc) is 2.81. The number of benzene rings is 1. The SMILES string of the molecule is Fc1cc(Br)cc(Oc2nc3ccccn3c2CBr)c1F. The first-order chi connectivity index (χ1) is 10.1. The van der Waals surface area contributed by atoms with Crippen LogP contribution in [0.25, 0.3) is 5.65 Å². The molecule has 2 heterocycles. The number of imidazole rings is 1. The lowest BCUT2D eigenvalue weighted by molar-refractivity contribution is 0.404. The summed E-state index contributed by atoms with van der Waals surface area (Å²) >= 11 is 6.46. The summed E-state index contributed by atoms with van der Waals surface area (Å²) in [6, 6.07) is 7.89. The van der Waals surface area contributed by atoms with Gasteiger partial charge in [0.1, 0.15) is 5.65 Å². The van der Waals surface area contributed by atoms with Crippen LogP contribution in [-0.2, 0) is 5.33 Å². The third kappa shape index (κ3) is 2.67. The Morgan fingerprint density at radius 2 is 2.05 bits per heavy atom. The molecular formula is C14H8Br2F2N2O. The summed E-state index contributed by atoms with van der Waals surface area (Å²) in [5, 5.41) is 0.464. The first kappa shape index (κ1) is 14.5. The lowest BCUT2D eigenvalue weighted by atomic mass is 10.3. The summed E-state index contributed by atoms with van der Waals surface area (Å²) in [5.74, 6) is -2.01. The van der Waals surface area contributed by atoms with Gasteiger partial charge in [-0.2, -0.15) is 9.37 Å². The number of halogens is 4. The summed E-state index contributed by atoms with van der Waals surface area (Å²) in [7, 11) is 0. The van der Waals surface area contributed by atoms with E-state index in [-0.39, 0.29) is 11.6 Å². The van der Waals surface area contributed by atoms with Crippen LogP contribution in [0, 0.1) is 11.6 Å². The van der Waals surface area contributed by atoms with E-state index < -0.39 is 11.6 Å². The molecule has 0 atom stereocenters. The maximum absolute atomic E-state index is 13.8. The molecule has 3 aromatic rings. The Kier molecular flexibility index (Phi) is 3.95. The minimum absolute atomic E-state index is 0.215. The number of aromatic nitrogens is 2. The molecule has 21 heavy (non-hydrogen) atoms. The van der Waals surface area contributed by atoms with Crippen molar-refractivity contribution >= 4 is 37.5 Å². The maximum atomic E-state index is 13.8. The number of rotatable bonds is 3. The van der Waals surface area contributed by atoms with Crippen molar-refractivity contribution in [3.8, 4) is 11.6 Å². The first-order valence-electron chi connectivity index (χ1n) is 5.94. The van der Waals surface area contributed by atoms with Gasteiger partial charge in [0.05, 0.1) is 5.69 Å². The average molecular weight is 418 g/mol. The van der Waals surface area contributed by atoms with Crippen molar-refractivity contribution in [2.24, 2.45) is 0 Å². The second kappa shape index (κ2) is 5.73. The van der Waals surface area contributed by atoms with Crippen molar-refractivity contribution in [2.75, 3.05) is 0 Å².